The third kappa shape index (κ3) is 21.9. The van der Waals surface area contributed by atoms with Crippen LogP contribution in [-0.4, -0.2) is 0 Å². The number of hydrogen-bond acceptors (Lipinski definition) is 5. The smallest absolute Gasteiger partial charge is 0.0463 e. The molecule has 0 radical (unpaired) electrons. The van der Waals surface area contributed by atoms with Gasteiger partial charge in [0.1, 0.15) is 0 Å². The molecule has 0 bridgehead atoms. The summed E-state index contributed by atoms with van der Waals surface area (Å²) in [5, 5.41) is 0. The molecule has 0 fully saturated rings. The standard InChI is InChI=1S/2C32H28N2.C20H19N.5C2H6/c2*1-25-13-17-29(18-14-25)33(27-9-5-3-6-10-27)31-21-23-32(24-22-31)34(28-11-7-4-8-12-28)30-19-15-26(2)16-20-30;1-16-8-12-19(13-9-16)21(18-6-4-3-5-7-18)20-14-10-17(2)11-15-20;5*1-2/h2*3-24H,1-2H3;3-15H,1-2H3;5*1-2H3. The van der Waals surface area contributed by atoms with Crippen LogP contribution in [0.15, 0.2) is 346 Å². The SMILES string of the molecule is CC.CC.CC.CC.CC.Cc1ccc(N(c2ccccc2)c2ccc(C)cc2)cc1.Cc1ccc(N(c2ccccc2)c2ccc(N(c3ccccc3)c3ccc(C)cc3)cc2)cc1.Cc1ccc(N(c2ccccc2)c2ccc(N(c3ccccc3)c3ccc(C)cc3)cc2)cc1. The minimum atomic E-state index is 1.12. The monoisotopic (exact) mass is 1300 g/mol. The maximum absolute atomic E-state index is 2.29. The Morgan fingerprint density at radius 1 is 0.111 bits per heavy atom. The van der Waals surface area contributed by atoms with Gasteiger partial charge in [0.15, 0.2) is 0 Å². The lowest BCUT2D eigenvalue weighted by molar-refractivity contribution is 1.25. The van der Waals surface area contributed by atoms with Crippen LogP contribution in [0, 0.1) is 41.5 Å². The van der Waals surface area contributed by atoms with E-state index < -0.39 is 0 Å². The molecule has 0 spiro atoms. The molecule has 506 valence electrons. The molecule has 0 aliphatic rings. The van der Waals surface area contributed by atoms with Gasteiger partial charge in [-0.25, -0.2) is 0 Å². The number of para-hydroxylation sites is 5. The molecule has 13 aromatic carbocycles. The van der Waals surface area contributed by atoms with Crippen molar-refractivity contribution in [3.8, 4) is 0 Å². The van der Waals surface area contributed by atoms with Crippen LogP contribution in [0.5, 0.6) is 0 Å². The third-order valence-electron chi connectivity index (χ3n) is 15.6. The van der Waals surface area contributed by atoms with Crippen LogP contribution in [0.25, 0.3) is 0 Å². The van der Waals surface area contributed by atoms with Gasteiger partial charge in [-0.05, 0) is 224 Å². The maximum atomic E-state index is 2.29. The van der Waals surface area contributed by atoms with Crippen molar-refractivity contribution in [1.29, 1.82) is 0 Å². The molecule has 0 N–H and O–H groups in total. The zero-order chi connectivity index (χ0) is 71.3. The van der Waals surface area contributed by atoms with Crippen LogP contribution in [-0.2, 0) is 0 Å². The van der Waals surface area contributed by atoms with Gasteiger partial charge in [-0.3, -0.25) is 0 Å². The Kier molecular flexibility index (Phi) is 32.4. The largest absolute Gasteiger partial charge is 0.311 e. The fourth-order valence-corrected chi connectivity index (χ4v) is 10.8. The van der Waals surface area contributed by atoms with E-state index in [1.165, 1.54) is 50.4 Å². The first-order valence-corrected chi connectivity index (χ1v) is 35.5. The summed E-state index contributed by atoms with van der Waals surface area (Å²) < 4.78 is 0. The predicted molar refractivity (Wildman–Crippen MR) is 438 cm³/mol. The summed E-state index contributed by atoms with van der Waals surface area (Å²) >= 11 is 0. The van der Waals surface area contributed by atoms with Crippen molar-refractivity contribution in [3.05, 3.63) is 379 Å². The number of anilines is 15. The Labute approximate surface area is 596 Å². The molecular formula is C94H105N5. The molecule has 13 aromatic rings. The zero-order valence-electron chi connectivity index (χ0n) is 61.6. The van der Waals surface area contributed by atoms with Crippen LogP contribution >= 0.6 is 0 Å². The Balaban J connectivity index is 0.000000225. The predicted octanol–water partition coefficient (Wildman–Crippen LogP) is 29.4. The molecule has 5 nitrogen and oxygen atoms in total. The average Bonchev–Trinajstić information content (AvgIpc) is 0.821. The van der Waals surface area contributed by atoms with Gasteiger partial charge < -0.3 is 24.5 Å². The lowest BCUT2D eigenvalue weighted by Gasteiger charge is -2.28. The molecule has 5 heteroatoms. The number of aryl methyl sites for hydroxylation is 6. The Bertz CT molecular complexity index is 3740. The Hall–Kier alpha value is -11.1. The van der Waals surface area contributed by atoms with E-state index in [1.807, 2.05) is 75.3 Å². The van der Waals surface area contributed by atoms with E-state index in [2.05, 4.69) is 406 Å². The lowest BCUT2D eigenvalue weighted by Crippen LogP contribution is -2.12. The Morgan fingerprint density at radius 3 is 0.293 bits per heavy atom. The van der Waals surface area contributed by atoms with Crippen molar-refractivity contribution in [2.45, 2.75) is 111 Å². The van der Waals surface area contributed by atoms with Gasteiger partial charge >= 0.3 is 0 Å². The molecule has 0 atom stereocenters. The highest BCUT2D eigenvalue weighted by molar-refractivity contribution is 5.84. The van der Waals surface area contributed by atoms with Crippen LogP contribution in [0.1, 0.15) is 103 Å². The fraction of sp³-hybridized carbons (Fsp3) is 0.170. The van der Waals surface area contributed by atoms with Gasteiger partial charge in [-0.1, -0.05) is 266 Å². The first-order valence-electron chi connectivity index (χ1n) is 35.5. The van der Waals surface area contributed by atoms with Crippen molar-refractivity contribution in [3.63, 3.8) is 0 Å². The first kappa shape index (κ1) is 76.9. The molecule has 0 heterocycles. The van der Waals surface area contributed by atoms with E-state index in [-0.39, 0.29) is 0 Å². The molecule has 0 aliphatic carbocycles. The summed E-state index contributed by atoms with van der Waals surface area (Å²) in [4.78, 5) is 11.5. The van der Waals surface area contributed by atoms with Gasteiger partial charge in [-0.15, -0.1) is 0 Å². The van der Waals surface area contributed by atoms with Crippen molar-refractivity contribution >= 4 is 85.3 Å². The normalized spacial score (nSPS) is 9.82. The molecule has 13 rings (SSSR count). The highest BCUT2D eigenvalue weighted by Gasteiger charge is 2.19. The fourth-order valence-electron chi connectivity index (χ4n) is 10.8. The number of benzene rings is 13. The molecule has 0 saturated heterocycles. The van der Waals surface area contributed by atoms with Crippen molar-refractivity contribution in [2.24, 2.45) is 0 Å². The third-order valence-corrected chi connectivity index (χ3v) is 15.6. The van der Waals surface area contributed by atoms with Crippen LogP contribution < -0.4 is 24.5 Å². The topological polar surface area (TPSA) is 16.2 Å². The Morgan fingerprint density at radius 2 is 0.192 bits per heavy atom. The summed E-state index contributed by atoms with van der Waals surface area (Å²) in [6.45, 7) is 32.7. The maximum Gasteiger partial charge on any atom is 0.0463 e. The van der Waals surface area contributed by atoms with Crippen LogP contribution in [0.2, 0.25) is 0 Å². The van der Waals surface area contributed by atoms with Crippen LogP contribution in [0.4, 0.5) is 85.3 Å². The summed E-state index contributed by atoms with van der Waals surface area (Å²) in [5.41, 5.74) is 24.7. The van der Waals surface area contributed by atoms with E-state index in [1.54, 1.807) is 0 Å². The summed E-state index contributed by atoms with van der Waals surface area (Å²) in [6, 6.07) is 122. The second kappa shape index (κ2) is 41.7. The molecule has 0 aromatic heterocycles. The van der Waals surface area contributed by atoms with Crippen molar-refractivity contribution in [2.75, 3.05) is 24.5 Å². The quantitative estimate of drug-likeness (QED) is 0.101. The zero-order valence-corrected chi connectivity index (χ0v) is 61.6. The molecular weight excluding hydrogens is 1200 g/mol. The number of rotatable bonds is 15. The van der Waals surface area contributed by atoms with E-state index in [0.29, 0.717) is 0 Å². The van der Waals surface area contributed by atoms with Crippen LogP contribution in [0.3, 0.4) is 0 Å². The van der Waals surface area contributed by atoms with Gasteiger partial charge in [0, 0.05) is 85.3 Å². The number of nitrogens with zero attached hydrogens (tertiary/aromatic N) is 5. The molecule has 0 amide bonds. The van der Waals surface area contributed by atoms with E-state index >= 15 is 0 Å². The van der Waals surface area contributed by atoms with E-state index in [9.17, 15) is 0 Å². The first-order chi connectivity index (χ1) is 48.6. The van der Waals surface area contributed by atoms with E-state index in [0.717, 1.165) is 68.2 Å². The highest BCUT2D eigenvalue weighted by atomic mass is 15.2. The highest BCUT2D eigenvalue weighted by Crippen LogP contribution is 2.42. The van der Waals surface area contributed by atoms with Gasteiger partial charge in [-0.2, -0.15) is 0 Å². The minimum absolute atomic E-state index is 1.12. The second-order valence-electron chi connectivity index (χ2n) is 22.4. The molecule has 99 heavy (non-hydrogen) atoms. The summed E-state index contributed by atoms with van der Waals surface area (Å²) in [5.74, 6) is 0. The summed E-state index contributed by atoms with van der Waals surface area (Å²) in [7, 11) is 0. The van der Waals surface area contributed by atoms with Gasteiger partial charge in [0.05, 0.1) is 0 Å². The number of hydrogen-bond donors (Lipinski definition) is 0. The molecule has 0 unspecified atom stereocenters. The second-order valence-corrected chi connectivity index (χ2v) is 22.4. The molecule has 0 aliphatic heterocycles. The van der Waals surface area contributed by atoms with Gasteiger partial charge in [0.2, 0.25) is 0 Å². The van der Waals surface area contributed by atoms with Crippen molar-refractivity contribution in [1.82, 2.24) is 0 Å². The summed E-state index contributed by atoms with van der Waals surface area (Å²) in [6.07, 6.45) is 0. The molecule has 0 saturated carbocycles. The minimum Gasteiger partial charge on any atom is -0.311 e. The van der Waals surface area contributed by atoms with Gasteiger partial charge in [0.25, 0.3) is 0 Å². The van der Waals surface area contributed by atoms with E-state index in [4.69, 9.17) is 0 Å². The van der Waals surface area contributed by atoms with Crippen molar-refractivity contribution < 1.29 is 0 Å². The lowest BCUT2D eigenvalue weighted by atomic mass is 10.1. The average molecular weight is 1300 g/mol.